The van der Waals surface area contributed by atoms with Gasteiger partial charge >= 0.3 is 6.03 Å². The van der Waals surface area contributed by atoms with E-state index < -0.39 is 6.04 Å². The molecule has 0 saturated heterocycles. The lowest BCUT2D eigenvalue weighted by Crippen LogP contribution is -2.37. The molecule has 4 rings (SSSR count). The Morgan fingerprint density at radius 2 is 1.53 bits per heavy atom. The molecular weight excluding hydrogens is 376 g/mol. The lowest BCUT2D eigenvalue weighted by atomic mass is 10.2. The van der Waals surface area contributed by atoms with Gasteiger partial charge in [0.2, 0.25) is 0 Å². The van der Waals surface area contributed by atoms with Gasteiger partial charge in [-0.3, -0.25) is 9.36 Å². The third-order valence-corrected chi connectivity index (χ3v) is 5.12. The first-order valence-corrected chi connectivity index (χ1v) is 9.72. The van der Waals surface area contributed by atoms with Crippen molar-refractivity contribution in [3.63, 3.8) is 0 Å². The van der Waals surface area contributed by atoms with E-state index >= 15 is 0 Å². The van der Waals surface area contributed by atoms with Crippen LogP contribution in [0.1, 0.15) is 18.8 Å². The number of para-hydroxylation sites is 3. The van der Waals surface area contributed by atoms with Gasteiger partial charge in [-0.2, -0.15) is 0 Å². The van der Waals surface area contributed by atoms with E-state index in [1.165, 1.54) is 0 Å². The Hall–Kier alpha value is -3.93. The van der Waals surface area contributed by atoms with Crippen molar-refractivity contribution < 1.29 is 4.79 Å². The van der Waals surface area contributed by atoms with Crippen LogP contribution >= 0.6 is 0 Å². The number of hydrogen-bond donors (Lipinski definition) is 1. The zero-order valence-corrected chi connectivity index (χ0v) is 16.8. The van der Waals surface area contributed by atoms with Gasteiger partial charge in [-0.25, -0.2) is 9.78 Å². The second kappa shape index (κ2) is 8.21. The summed E-state index contributed by atoms with van der Waals surface area (Å²) in [5.74, 6) is 0.496. The number of nitrogens with one attached hydrogen (secondary N) is 1. The fourth-order valence-corrected chi connectivity index (χ4v) is 3.34. The van der Waals surface area contributed by atoms with E-state index in [1.54, 1.807) is 22.6 Å². The van der Waals surface area contributed by atoms with Crippen molar-refractivity contribution in [1.29, 1.82) is 0 Å². The normalized spacial score (nSPS) is 11.8. The SMILES string of the molecule is CC(c1nc2ccccc2c(=O)n1-c1ccccc1)N(C)C(=O)Nc1ccccc1. The first-order valence-electron chi connectivity index (χ1n) is 9.72. The molecule has 6 heteroatoms. The average Bonchev–Trinajstić information content (AvgIpc) is 2.79. The number of carbonyl (C=O) groups is 1. The molecular formula is C24H22N4O2. The molecule has 0 aliphatic carbocycles. The molecule has 0 spiro atoms. The average molecular weight is 398 g/mol. The maximum atomic E-state index is 13.3. The van der Waals surface area contributed by atoms with E-state index in [2.05, 4.69) is 5.32 Å². The summed E-state index contributed by atoms with van der Waals surface area (Å²) >= 11 is 0. The van der Waals surface area contributed by atoms with Crippen molar-refractivity contribution in [3.8, 4) is 5.69 Å². The Morgan fingerprint density at radius 3 is 2.23 bits per heavy atom. The number of anilines is 1. The number of fused-ring (bicyclic) bond motifs is 1. The van der Waals surface area contributed by atoms with Gasteiger partial charge in [0.15, 0.2) is 0 Å². The molecule has 30 heavy (non-hydrogen) atoms. The van der Waals surface area contributed by atoms with Gasteiger partial charge in [-0.05, 0) is 43.3 Å². The van der Waals surface area contributed by atoms with E-state index in [9.17, 15) is 9.59 Å². The van der Waals surface area contributed by atoms with E-state index in [0.717, 1.165) is 0 Å². The minimum Gasteiger partial charge on any atom is -0.318 e. The summed E-state index contributed by atoms with van der Waals surface area (Å²) in [5, 5.41) is 3.41. The predicted octanol–water partition coefficient (Wildman–Crippen LogP) is 4.61. The largest absolute Gasteiger partial charge is 0.322 e. The number of carbonyl (C=O) groups excluding carboxylic acids is 1. The minimum absolute atomic E-state index is 0.162. The highest BCUT2D eigenvalue weighted by molar-refractivity contribution is 5.89. The quantitative estimate of drug-likeness (QED) is 0.546. The molecule has 1 N–H and O–H groups in total. The zero-order chi connectivity index (χ0) is 21.1. The Morgan fingerprint density at radius 1 is 0.933 bits per heavy atom. The number of nitrogens with zero attached hydrogens (tertiary/aromatic N) is 3. The summed E-state index contributed by atoms with van der Waals surface area (Å²) in [4.78, 5) is 32.5. The Labute approximate surface area is 174 Å². The van der Waals surface area contributed by atoms with Crippen LogP contribution in [0, 0.1) is 0 Å². The molecule has 1 atom stereocenters. The highest BCUT2D eigenvalue weighted by atomic mass is 16.2. The topological polar surface area (TPSA) is 67.2 Å². The van der Waals surface area contributed by atoms with Crippen molar-refractivity contribution in [3.05, 3.63) is 101 Å². The van der Waals surface area contributed by atoms with E-state index in [-0.39, 0.29) is 11.6 Å². The first-order chi connectivity index (χ1) is 14.6. The summed E-state index contributed by atoms with van der Waals surface area (Å²) < 4.78 is 1.58. The molecule has 2 amide bonds. The number of hydrogen-bond acceptors (Lipinski definition) is 3. The molecule has 0 aliphatic rings. The standard InChI is InChI=1S/C24H22N4O2/c1-17(27(2)24(30)25-18-11-5-3-6-12-18)22-26-21-16-10-9-15-20(21)23(29)28(22)19-13-7-4-8-14-19/h3-17H,1-2H3,(H,25,30). The fraction of sp³-hybridized carbons (Fsp3) is 0.125. The first kappa shape index (κ1) is 19.4. The molecule has 3 aromatic carbocycles. The molecule has 0 radical (unpaired) electrons. The minimum atomic E-state index is -0.453. The summed E-state index contributed by atoms with van der Waals surface area (Å²) in [6, 6.07) is 25.1. The summed E-state index contributed by atoms with van der Waals surface area (Å²) in [7, 11) is 1.69. The van der Waals surface area contributed by atoms with Crippen LogP contribution in [0.25, 0.3) is 16.6 Å². The molecule has 0 saturated carbocycles. The fourth-order valence-electron chi connectivity index (χ4n) is 3.34. The van der Waals surface area contributed by atoms with Crippen molar-refractivity contribution in [1.82, 2.24) is 14.5 Å². The predicted molar refractivity (Wildman–Crippen MR) is 119 cm³/mol. The monoisotopic (exact) mass is 398 g/mol. The van der Waals surface area contributed by atoms with Crippen molar-refractivity contribution in [2.75, 3.05) is 12.4 Å². The van der Waals surface area contributed by atoms with Crippen molar-refractivity contribution in [2.24, 2.45) is 0 Å². The molecule has 1 unspecified atom stereocenters. The summed E-state index contributed by atoms with van der Waals surface area (Å²) in [5.41, 5.74) is 1.85. The Balaban J connectivity index is 1.79. The number of rotatable bonds is 4. The van der Waals surface area contributed by atoms with Crippen LogP contribution in [0.4, 0.5) is 10.5 Å². The van der Waals surface area contributed by atoms with Crippen molar-refractivity contribution >= 4 is 22.6 Å². The number of aromatic nitrogens is 2. The van der Waals surface area contributed by atoms with Gasteiger partial charge in [-0.1, -0.05) is 48.5 Å². The second-order valence-corrected chi connectivity index (χ2v) is 7.05. The molecule has 150 valence electrons. The Bertz CT molecular complexity index is 1240. The van der Waals surface area contributed by atoms with E-state index in [4.69, 9.17) is 4.98 Å². The van der Waals surface area contributed by atoms with Gasteiger partial charge in [0.1, 0.15) is 5.82 Å². The molecule has 1 aromatic heterocycles. The zero-order valence-electron chi connectivity index (χ0n) is 16.8. The molecule has 0 bridgehead atoms. The smallest absolute Gasteiger partial charge is 0.318 e. The molecule has 0 fully saturated rings. The van der Waals surface area contributed by atoms with Gasteiger partial charge in [0, 0.05) is 12.7 Å². The maximum absolute atomic E-state index is 13.3. The highest BCUT2D eigenvalue weighted by Crippen LogP contribution is 2.22. The Kier molecular flexibility index (Phi) is 5.30. The van der Waals surface area contributed by atoms with Crippen LogP contribution in [-0.4, -0.2) is 27.5 Å². The van der Waals surface area contributed by atoms with Gasteiger partial charge in [0.25, 0.3) is 5.56 Å². The summed E-state index contributed by atoms with van der Waals surface area (Å²) in [6.45, 7) is 1.86. The summed E-state index contributed by atoms with van der Waals surface area (Å²) in [6.07, 6.45) is 0. The van der Waals surface area contributed by atoms with Crippen LogP contribution in [0.2, 0.25) is 0 Å². The maximum Gasteiger partial charge on any atom is 0.322 e. The van der Waals surface area contributed by atoms with Gasteiger partial charge in [-0.15, -0.1) is 0 Å². The molecule has 6 nitrogen and oxygen atoms in total. The van der Waals surface area contributed by atoms with Crippen molar-refractivity contribution in [2.45, 2.75) is 13.0 Å². The number of urea groups is 1. The lowest BCUT2D eigenvalue weighted by molar-refractivity contribution is 0.205. The van der Waals surface area contributed by atoms with Gasteiger partial charge in [0.05, 0.1) is 22.6 Å². The molecule has 4 aromatic rings. The van der Waals surface area contributed by atoms with Crippen LogP contribution in [0.3, 0.4) is 0 Å². The number of benzene rings is 3. The van der Waals surface area contributed by atoms with E-state index in [1.807, 2.05) is 85.8 Å². The van der Waals surface area contributed by atoms with Crippen LogP contribution < -0.4 is 10.9 Å². The number of amides is 2. The van der Waals surface area contributed by atoms with Crippen LogP contribution in [-0.2, 0) is 0 Å². The third kappa shape index (κ3) is 3.67. The van der Waals surface area contributed by atoms with Crippen LogP contribution in [0.5, 0.6) is 0 Å². The highest BCUT2D eigenvalue weighted by Gasteiger charge is 2.24. The van der Waals surface area contributed by atoms with E-state index in [0.29, 0.717) is 28.1 Å². The second-order valence-electron chi connectivity index (χ2n) is 7.05. The molecule has 0 aliphatic heterocycles. The van der Waals surface area contributed by atoms with Crippen LogP contribution in [0.15, 0.2) is 89.7 Å². The lowest BCUT2D eigenvalue weighted by Gasteiger charge is -2.27. The van der Waals surface area contributed by atoms with Gasteiger partial charge < -0.3 is 10.2 Å². The third-order valence-electron chi connectivity index (χ3n) is 5.12. The molecule has 1 heterocycles.